The molecule has 21 heavy (non-hydrogen) atoms. The molecule has 2 aromatic heterocycles. The van der Waals surface area contributed by atoms with Crippen LogP contribution >= 0.6 is 0 Å². The van der Waals surface area contributed by atoms with E-state index in [-0.39, 0.29) is 6.04 Å². The van der Waals surface area contributed by atoms with Gasteiger partial charge in [0.2, 0.25) is 0 Å². The summed E-state index contributed by atoms with van der Waals surface area (Å²) in [6.07, 6.45) is 9.91. The first kappa shape index (κ1) is 14.2. The molecule has 0 aromatic carbocycles. The van der Waals surface area contributed by atoms with Crippen molar-refractivity contribution in [1.82, 2.24) is 20.2 Å². The molecular formula is C16H23N5. The minimum absolute atomic E-state index is 0.0463. The van der Waals surface area contributed by atoms with Gasteiger partial charge in [-0.3, -0.25) is 20.9 Å². The zero-order valence-corrected chi connectivity index (χ0v) is 12.5. The van der Waals surface area contributed by atoms with E-state index in [1.807, 2.05) is 19.2 Å². The van der Waals surface area contributed by atoms with E-state index in [2.05, 4.69) is 33.4 Å². The summed E-state index contributed by atoms with van der Waals surface area (Å²) >= 11 is 0. The van der Waals surface area contributed by atoms with E-state index in [0.717, 1.165) is 23.4 Å². The van der Waals surface area contributed by atoms with Gasteiger partial charge in [0.1, 0.15) is 0 Å². The summed E-state index contributed by atoms with van der Waals surface area (Å²) in [4.78, 5) is 4.34. The molecule has 1 fully saturated rings. The minimum atomic E-state index is 0.0463. The van der Waals surface area contributed by atoms with Crippen molar-refractivity contribution in [3.05, 3.63) is 47.5 Å². The van der Waals surface area contributed by atoms with Crippen LogP contribution in [0, 0.1) is 6.92 Å². The first-order valence-electron chi connectivity index (χ1n) is 7.69. The summed E-state index contributed by atoms with van der Waals surface area (Å²) in [5, 5.41) is 4.72. The molecule has 1 aliphatic carbocycles. The SMILES string of the molecule is Cc1ccc(C(Cc2ccn(C3CCCC3)n2)NN)cn1. The number of hydrogen-bond donors (Lipinski definition) is 2. The number of rotatable bonds is 5. The summed E-state index contributed by atoms with van der Waals surface area (Å²) in [5.74, 6) is 5.71. The Balaban J connectivity index is 1.70. The largest absolute Gasteiger partial charge is 0.271 e. The molecule has 1 unspecified atom stereocenters. The van der Waals surface area contributed by atoms with Gasteiger partial charge in [-0.1, -0.05) is 18.9 Å². The molecule has 2 heterocycles. The third-order valence-electron chi connectivity index (χ3n) is 4.31. The maximum Gasteiger partial charge on any atom is 0.0644 e. The van der Waals surface area contributed by atoms with Crippen LogP contribution in [-0.2, 0) is 6.42 Å². The molecule has 0 amide bonds. The van der Waals surface area contributed by atoms with Crippen LogP contribution < -0.4 is 11.3 Å². The van der Waals surface area contributed by atoms with Gasteiger partial charge in [-0.15, -0.1) is 0 Å². The molecule has 112 valence electrons. The Kier molecular flexibility index (Phi) is 4.31. The predicted molar refractivity (Wildman–Crippen MR) is 82.5 cm³/mol. The molecule has 5 nitrogen and oxygen atoms in total. The van der Waals surface area contributed by atoms with Crippen LogP contribution in [0.5, 0.6) is 0 Å². The lowest BCUT2D eigenvalue weighted by molar-refractivity contribution is 0.457. The summed E-state index contributed by atoms with van der Waals surface area (Å²) in [5.41, 5.74) is 6.06. The predicted octanol–water partition coefficient (Wildman–Crippen LogP) is 2.45. The van der Waals surface area contributed by atoms with Crippen LogP contribution in [0.15, 0.2) is 30.6 Å². The van der Waals surface area contributed by atoms with Gasteiger partial charge in [-0.05, 0) is 37.5 Å². The average molecular weight is 285 g/mol. The minimum Gasteiger partial charge on any atom is -0.271 e. The highest BCUT2D eigenvalue weighted by Gasteiger charge is 2.18. The lowest BCUT2D eigenvalue weighted by atomic mass is 10.0. The van der Waals surface area contributed by atoms with Gasteiger partial charge in [0.25, 0.3) is 0 Å². The van der Waals surface area contributed by atoms with Gasteiger partial charge in [0.05, 0.1) is 17.8 Å². The molecule has 0 aliphatic heterocycles. The Bertz CT molecular complexity index is 569. The highest BCUT2D eigenvalue weighted by atomic mass is 15.3. The van der Waals surface area contributed by atoms with Crippen LogP contribution in [0.2, 0.25) is 0 Å². The molecule has 1 aliphatic rings. The van der Waals surface area contributed by atoms with Crippen molar-refractivity contribution in [1.29, 1.82) is 0 Å². The molecule has 1 atom stereocenters. The lowest BCUT2D eigenvalue weighted by Crippen LogP contribution is -2.29. The quantitative estimate of drug-likeness (QED) is 0.654. The standard InChI is InChI=1S/C16H23N5/c1-12-6-7-13(11-18-12)16(19-17)10-14-8-9-21(20-14)15-4-2-3-5-15/h6-9,11,15-16,19H,2-5,10,17H2,1H3. The van der Waals surface area contributed by atoms with E-state index in [1.54, 1.807) is 0 Å². The summed E-state index contributed by atoms with van der Waals surface area (Å²) in [6.45, 7) is 1.98. The number of hydrogen-bond acceptors (Lipinski definition) is 4. The maximum absolute atomic E-state index is 5.71. The third kappa shape index (κ3) is 3.31. The number of aromatic nitrogens is 3. The van der Waals surface area contributed by atoms with Crippen molar-refractivity contribution in [2.75, 3.05) is 0 Å². The fraction of sp³-hybridized carbons (Fsp3) is 0.500. The molecule has 0 spiro atoms. The smallest absolute Gasteiger partial charge is 0.0644 e. The van der Waals surface area contributed by atoms with Gasteiger partial charge in [0.15, 0.2) is 0 Å². The highest BCUT2D eigenvalue weighted by molar-refractivity contribution is 5.19. The zero-order valence-electron chi connectivity index (χ0n) is 12.5. The van der Waals surface area contributed by atoms with Crippen molar-refractivity contribution in [2.24, 2.45) is 5.84 Å². The average Bonchev–Trinajstić information content (AvgIpc) is 3.17. The Morgan fingerprint density at radius 2 is 2.14 bits per heavy atom. The van der Waals surface area contributed by atoms with Crippen LogP contribution in [0.3, 0.4) is 0 Å². The second-order valence-electron chi connectivity index (χ2n) is 5.88. The van der Waals surface area contributed by atoms with E-state index in [9.17, 15) is 0 Å². The van der Waals surface area contributed by atoms with Crippen LogP contribution in [0.4, 0.5) is 0 Å². The Hall–Kier alpha value is -1.72. The van der Waals surface area contributed by atoms with Crippen molar-refractivity contribution in [3.8, 4) is 0 Å². The van der Waals surface area contributed by atoms with Gasteiger partial charge in [-0.25, -0.2) is 0 Å². The topological polar surface area (TPSA) is 68.8 Å². The molecule has 1 saturated carbocycles. The van der Waals surface area contributed by atoms with Gasteiger partial charge in [0, 0.05) is 24.5 Å². The number of nitrogens with one attached hydrogen (secondary N) is 1. The summed E-state index contributed by atoms with van der Waals surface area (Å²) in [6, 6.07) is 6.82. The number of hydrazine groups is 1. The molecule has 2 aromatic rings. The third-order valence-corrected chi connectivity index (χ3v) is 4.31. The monoisotopic (exact) mass is 285 g/mol. The number of nitrogens with zero attached hydrogens (tertiary/aromatic N) is 3. The second-order valence-corrected chi connectivity index (χ2v) is 5.88. The molecule has 0 radical (unpaired) electrons. The number of pyridine rings is 1. The zero-order chi connectivity index (χ0) is 14.7. The Morgan fingerprint density at radius 3 is 2.81 bits per heavy atom. The molecular weight excluding hydrogens is 262 g/mol. The summed E-state index contributed by atoms with van der Waals surface area (Å²) < 4.78 is 2.13. The van der Waals surface area contributed by atoms with Crippen molar-refractivity contribution >= 4 is 0 Å². The molecule has 0 bridgehead atoms. The fourth-order valence-electron chi connectivity index (χ4n) is 3.03. The van der Waals surface area contributed by atoms with E-state index < -0.39 is 0 Å². The molecule has 5 heteroatoms. The number of aryl methyl sites for hydroxylation is 1. The van der Waals surface area contributed by atoms with Gasteiger partial charge < -0.3 is 0 Å². The first-order chi connectivity index (χ1) is 10.3. The molecule has 3 N–H and O–H groups in total. The maximum atomic E-state index is 5.71. The van der Waals surface area contributed by atoms with E-state index in [1.165, 1.54) is 25.7 Å². The lowest BCUT2D eigenvalue weighted by Gasteiger charge is -2.15. The van der Waals surface area contributed by atoms with Crippen molar-refractivity contribution in [3.63, 3.8) is 0 Å². The van der Waals surface area contributed by atoms with Gasteiger partial charge >= 0.3 is 0 Å². The molecule has 0 saturated heterocycles. The molecule has 3 rings (SSSR count). The second kappa shape index (κ2) is 6.37. The van der Waals surface area contributed by atoms with Crippen LogP contribution in [0.25, 0.3) is 0 Å². The number of nitrogens with two attached hydrogens (primary N) is 1. The highest BCUT2D eigenvalue weighted by Crippen LogP contribution is 2.29. The fourth-order valence-corrected chi connectivity index (χ4v) is 3.03. The van der Waals surface area contributed by atoms with Crippen molar-refractivity contribution in [2.45, 2.75) is 51.1 Å². The van der Waals surface area contributed by atoms with E-state index in [0.29, 0.717) is 6.04 Å². The van der Waals surface area contributed by atoms with Gasteiger partial charge in [-0.2, -0.15) is 5.10 Å². The summed E-state index contributed by atoms with van der Waals surface area (Å²) in [7, 11) is 0. The Labute approximate surface area is 125 Å². The van der Waals surface area contributed by atoms with E-state index >= 15 is 0 Å². The first-order valence-corrected chi connectivity index (χ1v) is 7.69. The normalized spacial score (nSPS) is 17.2. The van der Waals surface area contributed by atoms with Crippen molar-refractivity contribution < 1.29 is 0 Å². The van der Waals surface area contributed by atoms with E-state index in [4.69, 9.17) is 10.9 Å². The Morgan fingerprint density at radius 1 is 1.33 bits per heavy atom. The van der Waals surface area contributed by atoms with Crippen LogP contribution in [0.1, 0.15) is 54.7 Å². The van der Waals surface area contributed by atoms with Crippen LogP contribution in [-0.4, -0.2) is 14.8 Å².